The van der Waals surface area contributed by atoms with E-state index in [4.69, 9.17) is 0 Å². The number of hydrogen-bond donors (Lipinski definition) is 4. The van der Waals surface area contributed by atoms with E-state index in [0.717, 1.165) is 0 Å². The summed E-state index contributed by atoms with van der Waals surface area (Å²) in [5.74, 6) is -0.0962. The predicted molar refractivity (Wildman–Crippen MR) is 59.8 cm³/mol. The third-order valence-electron chi connectivity index (χ3n) is 1.29. The average Bonchev–Trinajstić information content (AvgIpc) is 1.97. The Labute approximate surface area is 87.0 Å². The highest BCUT2D eigenvalue weighted by molar-refractivity contribution is 7.93. The van der Waals surface area contributed by atoms with Gasteiger partial charge in [0.05, 0.1) is 5.25 Å². The molecular formula is C6H6OS4. The number of rotatable bonds is 0. The highest BCUT2D eigenvalue weighted by Crippen LogP contribution is 2.32. The largest absolute Gasteiger partial charge is 0.293 e. The molecule has 0 aromatic rings. The summed E-state index contributed by atoms with van der Waals surface area (Å²) in [5, 5.41) is -0.471. The Balaban J connectivity index is 3.12. The zero-order valence-corrected chi connectivity index (χ0v) is 8.93. The van der Waals surface area contributed by atoms with Crippen molar-refractivity contribution in [1.82, 2.24) is 0 Å². The second-order valence-corrected chi connectivity index (χ2v) is 4.00. The first-order valence-corrected chi connectivity index (χ1v) is 4.65. The van der Waals surface area contributed by atoms with E-state index in [-0.39, 0.29) is 5.78 Å². The molecule has 1 nitrogen and oxygen atoms in total. The molecule has 1 aliphatic carbocycles. The number of allylic oxidation sites excluding steroid dienone is 1. The topological polar surface area (TPSA) is 17.1 Å². The van der Waals surface area contributed by atoms with Gasteiger partial charge in [0, 0.05) is 14.7 Å². The average molecular weight is 222 g/mol. The smallest absolute Gasteiger partial charge is 0.174 e. The van der Waals surface area contributed by atoms with Gasteiger partial charge >= 0.3 is 0 Å². The molecule has 1 aliphatic rings. The van der Waals surface area contributed by atoms with Crippen LogP contribution in [0.3, 0.4) is 0 Å². The van der Waals surface area contributed by atoms with E-state index in [1.165, 1.54) is 6.08 Å². The van der Waals surface area contributed by atoms with Crippen LogP contribution in [0, 0.1) is 0 Å². The van der Waals surface area contributed by atoms with Crippen molar-refractivity contribution in [3.05, 3.63) is 20.8 Å². The van der Waals surface area contributed by atoms with Crippen LogP contribution in [-0.2, 0) is 4.79 Å². The Morgan fingerprint density at radius 3 is 2.36 bits per heavy atom. The molecule has 0 N–H and O–H groups in total. The van der Waals surface area contributed by atoms with Crippen LogP contribution in [-0.4, -0.2) is 11.0 Å². The molecule has 1 rings (SSSR count). The normalized spacial score (nSPS) is 25.6. The molecule has 5 heteroatoms. The molecule has 60 valence electrons. The summed E-state index contributed by atoms with van der Waals surface area (Å²) >= 11 is 16.3. The SMILES string of the molecule is O=C1C=C(S)C(S)=C(S)C1S. The minimum Gasteiger partial charge on any atom is -0.293 e. The first kappa shape index (κ1) is 9.64. The van der Waals surface area contributed by atoms with E-state index in [9.17, 15) is 4.79 Å². The van der Waals surface area contributed by atoms with E-state index in [0.29, 0.717) is 14.7 Å². The van der Waals surface area contributed by atoms with E-state index in [2.05, 4.69) is 50.5 Å². The van der Waals surface area contributed by atoms with Crippen LogP contribution in [0.4, 0.5) is 0 Å². The quantitative estimate of drug-likeness (QED) is 0.460. The van der Waals surface area contributed by atoms with Crippen LogP contribution in [0.5, 0.6) is 0 Å². The fraction of sp³-hybridized carbons (Fsp3) is 0.167. The van der Waals surface area contributed by atoms with Gasteiger partial charge < -0.3 is 0 Å². The van der Waals surface area contributed by atoms with E-state index < -0.39 is 5.25 Å². The molecule has 0 aromatic carbocycles. The zero-order valence-electron chi connectivity index (χ0n) is 5.35. The van der Waals surface area contributed by atoms with Crippen LogP contribution in [0.2, 0.25) is 0 Å². The maximum absolute atomic E-state index is 11.0. The fourth-order valence-corrected chi connectivity index (χ4v) is 1.76. The maximum Gasteiger partial charge on any atom is 0.174 e. The van der Waals surface area contributed by atoms with E-state index in [1.807, 2.05) is 0 Å². The van der Waals surface area contributed by atoms with Crippen LogP contribution in [0.15, 0.2) is 20.8 Å². The summed E-state index contributed by atoms with van der Waals surface area (Å²) in [4.78, 5) is 12.8. The molecule has 0 spiro atoms. The van der Waals surface area contributed by atoms with Crippen LogP contribution >= 0.6 is 50.5 Å². The van der Waals surface area contributed by atoms with Crippen molar-refractivity contribution in [2.24, 2.45) is 0 Å². The van der Waals surface area contributed by atoms with Crippen molar-refractivity contribution >= 4 is 56.3 Å². The predicted octanol–water partition coefficient (Wildman–Crippen LogP) is 1.75. The van der Waals surface area contributed by atoms with Crippen LogP contribution in [0.25, 0.3) is 0 Å². The Morgan fingerprint density at radius 1 is 1.27 bits per heavy atom. The molecule has 0 heterocycles. The minimum atomic E-state index is -0.471. The van der Waals surface area contributed by atoms with Gasteiger partial charge in [0.25, 0.3) is 0 Å². The fourth-order valence-electron chi connectivity index (χ4n) is 0.678. The van der Waals surface area contributed by atoms with Crippen molar-refractivity contribution < 1.29 is 4.79 Å². The second kappa shape index (κ2) is 3.51. The van der Waals surface area contributed by atoms with Gasteiger partial charge in [-0.2, -0.15) is 12.6 Å². The first-order chi connectivity index (χ1) is 5.04. The van der Waals surface area contributed by atoms with Crippen molar-refractivity contribution in [1.29, 1.82) is 0 Å². The molecular weight excluding hydrogens is 216 g/mol. The Morgan fingerprint density at radius 2 is 1.82 bits per heavy atom. The summed E-state index contributed by atoms with van der Waals surface area (Å²) in [7, 11) is 0. The molecule has 0 saturated carbocycles. The Hall–Kier alpha value is 0.550. The summed E-state index contributed by atoms with van der Waals surface area (Å²) in [6, 6.07) is 0. The molecule has 0 bridgehead atoms. The number of carbonyl (C=O) groups excluding carboxylic acids is 1. The molecule has 0 saturated heterocycles. The van der Waals surface area contributed by atoms with Gasteiger partial charge in [-0.1, -0.05) is 0 Å². The summed E-state index contributed by atoms with van der Waals surface area (Å²) in [6.45, 7) is 0. The summed E-state index contributed by atoms with van der Waals surface area (Å²) in [6.07, 6.45) is 1.41. The van der Waals surface area contributed by atoms with Gasteiger partial charge in [0.15, 0.2) is 5.78 Å². The lowest BCUT2D eigenvalue weighted by Gasteiger charge is -2.15. The van der Waals surface area contributed by atoms with Gasteiger partial charge in [0.2, 0.25) is 0 Å². The van der Waals surface area contributed by atoms with Gasteiger partial charge in [-0.15, -0.1) is 37.9 Å². The molecule has 0 aliphatic heterocycles. The lowest BCUT2D eigenvalue weighted by molar-refractivity contribution is -0.113. The van der Waals surface area contributed by atoms with Crippen LogP contribution in [0.1, 0.15) is 0 Å². The third kappa shape index (κ3) is 1.83. The molecule has 11 heavy (non-hydrogen) atoms. The molecule has 0 radical (unpaired) electrons. The number of thiol groups is 4. The Kier molecular flexibility index (Phi) is 3.08. The van der Waals surface area contributed by atoms with Gasteiger partial charge in [-0.05, 0) is 6.08 Å². The molecule has 1 unspecified atom stereocenters. The second-order valence-electron chi connectivity index (χ2n) is 2.07. The zero-order chi connectivity index (χ0) is 8.59. The lowest BCUT2D eigenvalue weighted by atomic mass is 10.1. The maximum atomic E-state index is 11.0. The van der Waals surface area contributed by atoms with Crippen molar-refractivity contribution in [2.45, 2.75) is 5.25 Å². The number of ketones is 1. The molecule has 0 amide bonds. The number of carbonyl (C=O) groups is 1. The molecule has 1 atom stereocenters. The number of hydrogen-bond acceptors (Lipinski definition) is 5. The van der Waals surface area contributed by atoms with Crippen LogP contribution < -0.4 is 0 Å². The minimum absolute atomic E-state index is 0.0962. The Bertz CT molecular complexity index is 266. The van der Waals surface area contributed by atoms with E-state index >= 15 is 0 Å². The molecule has 0 fully saturated rings. The van der Waals surface area contributed by atoms with Crippen molar-refractivity contribution in [3.8, 4) is 0 Å². The van der Waals surface area contributed by atoms with E-state index in [1.54, 1.807) is 0 Å². The standard InChI is InChI=1S/C6H6OS4/c7-2-1-3(8)5(10)6(11)4(2)9/h1,4,8-11H. The highest BCUT2D eigenvalue weighted by Gasteiger charge is 2.22. The lowest BCUT2D eigenvalue weighted by Crippen LogP contribution is -2.17. The van der Waals surface area contributed by atoms with Gasteiger partial charge in [0.1, 0.15) is 0 Å². The van der Waals surface area contributed by atoms with Crippen molar-refractivity contribution in [2.75, 3.05) is 0 Å². The first-order valence-electron chi connectivity index (χ1n) is 2.79. The summed E-state index contributed by atoms with van der Waals surface area (Å²) in [5.41, 5.74) is 0. The molecule has 0 aromatic heterocycles. The highest BCUT2D eigenvalue weighted by atomic mass is 32.1. The monoisotopic (exact) mass is 222 g/mol. The van der Waals surface area contributed by atoms with Gasteiger partial charge in [-0.3, -0.25) is 4.79 Å². The van der Waals surface area contributed by atoms with Gasteiger partial charge in [-0.25, -0.2) is 0 Å². The van der Waals surface area contributed by atoms with Crippen molar-refractivity contribution in [3.63, 3.8) is 0 Å². The summed E-state index contributed by atoms with van der Waals surface area (Å²) < 4.78 is 0. The third-order valence-corrected chi connectivity index (χ3v) is 3.68.